The second kappa shape index (κ2) is 3.90. The summed E-state index contributed by atoms with van der Waals surface area (Å²) in [5, 5.41) is 7.11. The van der Waals surface area contributed by atoms with Crippen molar-refractivity contribution in [2.75, 3.05) is 0 Å². The van der Waals surface area contributed by atoms with Crippen molar-refractivity contribution in [3.63, 3.8) is 0 Å². The van der Waals surface area contributed by atoms with Gasteiger partial charge in [0.1, 0.15) is 0 Å². The van der Waals surface area contributed by atoms with Gasteiger partial charge in [-0.05, 0) is 31.5 Å². The first-order valence-corrected chi connectivity index (χ1v) is 4.74. The average Bonchev–Trinajstić information content (AvgIpc) is 2.66. The fraction of sp³-hybridized carbons (Fsp3) is 0.667. The Morgan fingerprint density at radius 2 is 2.33 bits per heavy atom. The Labute approximate surface area is 79.4 Å². The van der Waals surface area contributed by atoms with Crippen LogP contribution in [0, 0.1) is 5.92 Å². The van der Waals surface area contributed by atoms with Gasteiger partial charge in [-0.2, -0.15) is 0 Å². The number of rotatable bonds is 3. The van der Waals surface area contributed by atoms with Gasteiger partial charge in [0.25, 0.3) is 0 Å². The van der Waals surface area contributed by atoms with Crippen LogP contribution in [0.5, 0.6) is 0 Å². The first kappa shape index (κ1) is 9.52. The van der Waals surface area contributed by atoms with Crippen LogP contribution in [0.15, 0.2) is 12.7 Å². The average molecular weight is 184 g/mol. The Kier molecular flexibility index (Phi) is 3.09. The standard InChI is InChI=1S/C9H16N2S/c1-4-7(3)10-9(12)11-8-5-6(8)2/h4,6-8H,1,5H2,2-3H3,(H2,10,11,12). The molecule has 0 bridgehead atoms. The van der Waals surface area contributed by atoms with E-state index in [2.05, 4.69) is 24.1 Å². The Morgan fingerprint density at radius 1 is 1.75 bits per heavy atom. The molecular formula is C9H16N2S. The SMILES string of the molecule is C=CC(C)NC(=S)NC1CC1C. The maximum absolute atomic E-state index is 5.10. The normalized spacial score (nSPS) is 28.8. The van der Waals surface area contributed by atoms with Gasteiger partial charge in [0.15, 0.2) is 5.11 Å². The molecule has 1 rings (SSSR count). The largest absolute Gasteiger partial charge is 0.360 e. The van der Waals surface area contributed by atoms with E-state index in [0.717, 1.165) is 11.0 Å². The van der Waals surface area contributed by atoms with Crippen LogP contribution in [-0.2, 0) is 0 Å². The summed E-state index contributed by atoms with van der Waals surface area (Å²) >= 11 is 5.10. The van der Waals surface area contributed by atoms with E-state index in [1.807, 2.05) is 13.0 Å². The molecule has 3 atom stereocenters. The van der Waals surface area contributed by atoms with Crippen molar-refractivity contribution in [2.24, 2.45) is 5.92 Å². The summed E-state index contributed by atoms with van der Waals surface area (Å²) in [6.07, 6.45) is 3.08. The molecule has 0 aromatic rings. The summed E-state index contributed by atoms with van der Waals surface area (Å²) in [6, 6.07) is 0.848. The molecule has 2 N–H and O–H groups in total. The molecule has 0 amide bonds. The summed E-state index contributed by atoms with van der Waals surface area (Å²) in [5.41, 5.74) is 0. The van der Waals surface area contributed by atoms with Gasteiger partial charge in [0.05, 0.1) is 0 Å². The van der Waals surface area contributed by atoms with Crippen molar-refractivity contribution >= 4 is 17.3 Å². The molecule has 2 nitrogen and oxygen atoms in total. The number of nitrogens with one attached hydrogen (secondary N) is 2. The highest BCUT2D eigenvalue weighted by Gasteiger charge is 2.32. The molecule has 0 aliphatic heterocycles. The zero-order valence-corrected chi connectivity index (χ0v) is 8.45. The molecule has 3 unspecified atom stereocenters. The third-order valence-electron chi connectivity index (χ3n) is 2.14. The highest BCUT2D eigenvalue weighted by Crippen LogP contribution is 2.28. The van der Waals surface area contributed by atoms with Gasteiger partial charge in [-0.1, -0.05) is 13.0 Å². The van der Waals surface area contributed by atoms with Crippen LogP contribution in [0.4, 0.5) is 0 Å². The Hall–Kier alpha value is -0.570. The maximum atomic E-state index is 5.10. The minimum Gasteiger partial charge on any atom is -0.360 e. The summed E-state index contributed by atoms with van der Waals surface area (Å²) in [5.74, 6) is 0.781. The second-order valence-corrected chi connectivity index (χ2v) is 3.87. The van der Waals surface area contributed by atoms with E-state index in [9.17, 15) is 0 Å². The van der Waals surface area contributed by atoms with E-state index in [-0.39, 0.29) is 6.04 Å². The zero-order valence-electron chi connectivity index (χ0n) is 7.63. The molecule has 3 heteroatoms. The molecule has 0 spiro atoms. The van der Waals surface area contributed by atoms with E-state index < -0.39 is 0 Å². The van der Waals surface area contributed by atoms with Crippen molar-refractivity contribution in [3.8, 4) is 0 Å². The minimum absolute atomic E-state index is 0.249. The van der Waals surface area contributed by atoms with Gasteiger partial charge in [-0.15, -0.1) is 6.58 Å². The van der Waals surface area contributed by atoms with Crippen molar-refractivity contribution in [1.29, 1.82) is 0 Å². The summed E-state index contributed by atoms with van der Waals surface area (Å²) < 4.78 is 0. The quantitative estimate of drug-likeness (QED) is 0.512. The summed E-state index contributed by atoms with van der Waals surface area (Å²) in [6.45, 7) is 7.92. The molecule has 1 fully saturated rings. The molecule has 0 radical (unpaired) electrons. The van der Waals surface area contributed by atoms with Gasteiger partial charge in [-0.3, -0.25) is 0 Å². The lowest BCUT2D eigenvalue weighted by Crippen LogP contribution is -2.41. The van der Waals surface area contributed by atoms with Crippen LogP contribution in [0.2, 0.25) is 0 Å². The minimum atomic E-state index is 0.249. The van der Waals surface area contributed by atoms with Crippen LogP contribution in [-0.4, -0.2) is 17.2 Å². The fourth-order valence-corrected chi connectivity index (χ4v) is 1.34. The van der Waals surface area contributed by atoms with Crippen LogP contribution in [0.25, 0.3) is 0 Å². The predicted octanol–water partition coefficient (Wildman–Crippen LogP) is 1.43. The predicted molar refractivity (Wildman–Crippen MR) is 56.1 cm³/mol. The van der Waals surface area contributed by atoms with Crippen molar-refractivity contribution in [3.05, 3.63) is 12.7 Å². The van der Waals surface area contributed by atoms with Crippen molar-refractivity contribution in [2.45, 2.75) is 32.4 Å². The lowest BCUT2D eigenvalue weighted by molar-refractivity contribution is 0.746. The molecule has 0 saturated heterocycles. The molecular weight excluding hydrogens is 168 g/mol. The van der Waals surface area contributed by atoms with Crippen molar-refractivity contribution in [1.82, 2.24) is 10.6 Å². The summed E-state index contributed by atoms with van der Waals surface area (Å²) in [4.78, 5) is 0. The highest BCUT2D eigenvalue weighted by molar-refractivity contribution is 7.80. The van der Waals surface area contributed by atoms with Crippen LogP contribution in [0.3, 0.4) is 0 Å². The van der Waals surface area contributed by atoms with E-state index in [1.165, 1.54) is 6.42 Å². The summed E-state index contributed by atoms with van der Waals surface area (Å²) in [7, 11) is 0. The van der Waals surface area contributed by atoms with E-state index in [1.54, 1.807) is 0 Å². The lowest BCUT2D eigenvalue weighted by atomic mass is 10.3. The molecule has 0 aromatic heterocycles. The van der Waals surface area contributed by atoms with E-state index in [4.69, 9.17) is 12.2 Å². The van der Waals surface area contributed by atoms with E-state index in [0.29, 0.717) is 6.04 Å². The number of hydrogen-bond acceptors (Lipinski definition) is 1. The van der Waals surface area contributed by atoms with Crippen LogP contribution < -0.4 is 10.6 Å². The Balaban J connectivity index is 2.16. The fourth-order valence-electron chi connectivity index (χ4n) is 0.999. The van der Waals surface area contributed by atoms with Crippen molar-refractivity contribution < 1.29 is 0 Å². The third-order valence-corrected chi connectivity index (χ3v) is 2.37. The van der Waals surface area contributed by atoms with Gasteiger partial charge in [0, 0.05) is 12.1 Å². The molecule has 12 heavy (non-hydrogen) atoms. The monoisotopic (exact) mass is 184 g/mol. The number of hydrogen-bond donors (Lipinski definition) is 2. The van der Waals surface area contributed by atoms with Gasteiger partial charge < -0.3 is 10.6 Å². The smallest absolute Gasteiger partial charge is 0.166 e. The highest BCUT2D eigenvalue weighted by atomic mass is 32.1. The van der Waals surface area contributed by atoms with Crippen LogP contribution in [0.1, 0.15) is 20.3 Å². The molecule has 1 saturated carbocycles. The number of thiocarbonyl (C=S) groups is 1. The lowest BCUT2D eigenvalue weighted by Gasteiger charge is -2.13. The van der Waals surface area contributed by atoms with E-state index >= 15 is 0 Å². The molecule has 68 valence electrons. The van der Waals surface area contributed by atoms with Gasteiger partial charge in [-0.25, -0.2) is 0 Å². The molecule has 0 heterocycles. The zero-order chi connectivity index (χ0) is 9.14. The molecule has 1 aliphatic rings. The first-order chi connectivity index (χ1) is 5.63. The topological polar surface area (TPSA) is 24.1 Å². The van der Waals surface area contributed by atoms with Crippen LogP contribution >= 0.6 is 12.2 Å². The Morgan fingerprint density at radius 3 is 2.75 bits per heavy atom. The first-order valence-electron chi connectivity index (χ1n) is 4.33. The molecule has 0 aromatic carbocycles. The molecule has 1 aliphatic carbocycles. The van der Waals surface area contributed by atoms with Gasteiger partial charge >= 0.3 is 0 Å². The van der Waals surface area contributed by atoms with Gasteiger partial charge in [0.2, 0.25) is 0 Å². The third kappa shape index (κ3) is 2.81. The maximum Gasteiger partial charge on any atom is 0.166 e. The Bertz CT molecular complexity index is 191. The second-order valence-electron chi connectivity index (χ2n) is 3.46.